The predicted molar refractivity (Wildman–Crippen MR) is 107 cm³/mol. The lowest BCUT2D eigenvalue weighted by atomic mass is 10.2. The average Bonchev–Trinajstić information content (AvgIpc) is 3.08. The molecular formula is C20H22N3O4S+. The number of aromatic nitrogens is 2. The second kappa shape index (κ2) is 8.79. The van der Waals surface area contributed by atoms with Gasteiger partial charge in [0.05, 0.1) is 12.4 Å². The van der Waals surface area contributed by atoms with Crippen molar-refractivity contribution < 1.29 is 18.7 Å². The number of hydrogen-bond donors (Lipinski definition) is 2. The number of aromatic amines is 1. The smallest absolute Gasteiger partial charge is 0.442 e. The Bertz CT molecular complexity index is 994. The highest BCUT2D eigenvalue weighted by Gasteiger charge is 2.30. The van der Waals surface area contributed by atoms with E-state index in [1.165, 1.54) is 16.4 Å². The van der Waals surface area contributed by atoms with Gasteiger partial charge in [-0.15, -0.1) is 0 Å². The topological polar surface area (TPSA) is 88.2 Å². The monoisotopic (exact) mass is 400 g/mol. The Kier molecular flexibility index (Phi) is 6.20. The summed E-state index contributed by atoms with van der Waals surface area (Å²) in [6.07, 6.45) is 0.551. The Morgan fingerprint density at radius 3 is 2.50 bits per heavy atom. The molecule has 2 aromatic carbocycles. The van der Waals surface area contributed by atoms with Crippen molar-refractivity contribution in [3.05, 3.63) is 64.5 Å². The first-order valence-corrected chi connectivity index (χ1v) is 9.72. The van der Waals surface area contributed by atoms with Crippen LogP contribution in [0, 0.1) is 6.92 Å². The summed E-state index contributed by atoms with van der Waals surface area (Å²) in [5, 5.41) is 5.33. The minimum absolute atomic E-state index is 0.168. The van der Waals surface area contributed by atoms with E-state index in [9.17, 15) is 9.59 Å². The van der Waals surface area contributed by atoms with Crippen LogP contribution in [-0.2, 0) is 4.79 Å². The Labute approximate surface area is 166 Å². The number of thioether (sulfide) groups is 1. The van der Waals surface area contributed by atoms with Gasteiger partial charge >= 0.3 is 10.7 Å². The van der Waals surface area contributed by atoms with E-state index < -0.39 is 10.9 Å². The van der Waals surface area contributed by atoms with Crippen LogP contribution >= 0.6 is 11.8 Å². The highest BCUT2D eigenvalue weighted by Crippen LogP contribution is 2.23. The molecule has 0 spiro atoms. The van der Waals surface area contributed by atoms with E-state index in [4.69, 9.17) is 9.26 Å². The van der Waals surface area contributed by atoms with Crippen molar-refractivity contribution in [2.24, 2.45) is 0 Å². The standard InChI is InChI=1S/C20H21N3O4S/c1-4-17(18(24)21-14-7-5-13(2)6-8-14)28-19-20(25)27-22-23(19)15-9-11-16(26-3)12-10-15/h5-12,17H,4H2,1-3H3,(H-,21,22,24,25)/p+1. The Balaban J connectivity index is 1.80. The summed E-state index contributed by atoms with van der Waals surface area (Å²) in [5.41, 5.74) is 2.01. The Hall–Kier alpha value is -3.00. The molecule has 0 aliphatic heterocycles. The molecule has 0 saturated carbocycles. The van der Waals surface area contributed by atoms with Gasteiger partial charge in [0.15, 0.2) is 0 Å². The lowest BCUT2D eigenvalue weighted by Crippen LogP contribution is -2.37. The molecule has 1 aromatic heterocycles. The SMILES string of the molecule is CCC(Sc1c(=O)o[nH][n+]1-c1ccc(OC)cc1)C(=O)Nc1ccc(C)cc1. The average molecular weight is 400 g/mol. The van der Waals surface area contributed by atoms with Crippen LogP contribution in [0.1, 0.15) is 18.9 Å². The number of H-pyrrole nitrogens is 1. The number of ether oxygens (including phenoxy) is 1. The molecule has 3 rings (SSSR count). The van der Waals surface area contributed by atoms with Crippen LogP contribution in [-0.4, -0.2) is 23.5 Å². The number of nitrogens with zero attached hydrogens (tertiary/aromatic N) is 1. The van der Waals surface area contributed by atoms with Crippen LogP contribution in [0.15, 0.2) is 62.9 Å². The zero-order valence-electron chi connectivity index (χ0n) is 15.9. The molecule has 3 aromatic rings. The number of benzene rings is 2. The van der Waals surface area contributed by atoms with E-state index >= 15 is 0 Å². The van der Waals surface area contributed by atoms with E-state index in [0.29, 0.717) is 22.9 Å². The van der Waals surface area contributed by atoms with Gasteiger partial charge in [0.1, 0.15) is 5.75 Å². The molecule has 1 heterocycles. The second-order valence-corrected chi connectivity index (χ2v) is 7.38. The maximum Gasteiger partial charge on any atom is 0.442 e. The molecule has 28 heavy (non-hydrogen) atoms. The highest BCUT2D eigenvalue weighted by atomic mass is 32.2. The Morgan fingerprint density at radius 2 is 1.89 bits per heavy atom. The van der Waals surface area contributed by atoms with Crippen molar-refractivity contribution in [2.75, 3.05) is 12.4 Å². The first-order chi connectivity index (χ1) is 13.5. The van der Waals surface area contributed by atoms with E-state index in [0.717, 1.165) is 11.3 Å². The van der Waals surface area contributed by atoms with Gasteiger partial charge in [0.2, 0.25) is 11.6 Å². The van der Waals surface area contributed by atoms with E-state index in [-0.39, 0.29) is 5.91 Å². The summed E-state index contributed by atoms with van der Waals surface area (Å²) in [6, 6.07) is 14.7. The predicted octanol–water partition coefficient (Wildman–Crippen LogP) is 3.07. The molecule has 2 N–H and O–H groups in total. The number of methoxy groups -OCH3 is 1. The largest absolute Gasteiger partial charge is 0.497 e. The van der Waals surface area contributed by atoms with Gasteiger partial charge < -0.3 is 10.1 Å². The third-order valence-electron chi connectivity index (χ3n) is 4.17. The Morgan fingerprint density at radius 1 is 1.21 bits per heavy atom. The second-order valence-electron chi connectivity index (χ2n) is 6.19. The van der Waals surface area contributed by atoms with Gasteiger partial charge in [0, 0.05) is 17.8 Å². The highest BCUT2D eigenvalue weighted by molar-refractivity contribution is 8.00. The molecule has 1 atom stereocenters. The van der Waals surface area contributed by atoms with Crippen molar-refractivity contribution in [2.45, 2.75) is 30.5 Å². The molecule has 1 unspecified atom stereocenters. The maximum absolute atomic E-state index is 12.7. The number of anilines is 1. The minimum atomic E-state index is -0.526. The van der Waals surface area contributed by atoms with Gasteiger partial charge in [-0.3, -0.25) is 9.32 Å². The van der Waals surface area contributed by atoms with Crippen molar-refractivity contribution in [1.29, 1.82) is 0 Å². The first kappa shape index (κ1) is 19.8. The number of hydrogen-bond acceptors (Lipinski definition) is 5. The van der Waals surface area contributed by atoms with Gasteiger partial charge in [-0.1, -0.05) is 24.6 Å². The molecular weight excluding hydrogens is 378 g/mol. The van der Waals surface area contributed by atoms with Gasteiger partial charge in [-0.05, 0) is 59.3 Å². The third-order valence-corrected chi connectivity index (χ3v) is 5.58. The number of rotatable bonds is 7. The third kappa shape index (κ3) is 4.45. The molecule has 8 heteroatoms. The van der Waals surface area contributed by atoms with Crippen LogP contribution in [0.25, 0.3) is 5.69 Å². The minimum Gasteiger partial charge on any atom is -0.497 e. The van der Waals surface area contributed by atoms with Crippen LogP contribution in [0.2, 0.25) is 0 Å². The van der Waals surface area contributed by atoms with Crippen LogP contribution in [0.5, 0.6) is 5.75 Å². The van der Waals surface area contributed by atoms with E-state index in [1.54, 1.807) is 31.4 Å². The van der Waals surface area contributed by atoms with E-state index in [2.05, 4.69) is 10.6 Å². The molecule has 1 amide bonds. The number of carbonyl (C=O) groups excluding carboxylic acids is 1. The van der Waals surface area contributed by atoms with Crippen LogP contribution in [0.4, 0.5) is 5.69 Å². The zero-order valence-corrected chi connectivity index (χ0v) is 16.7. The van der Waals surface area contributed by atoms with Crippen molar-refractivity contribution >= 4 is 23.4 Å². The fraction of sp³-hybridized carbons (Fsp3) is 0.250. The summed E-state index contributed by atoms with van der Waals surface area (Å²) in [7, 11) is 1.58. The summed E-state index contributed by atoms with van der Waals surface area (Å²) in [4.78, 5) is 24.9. The summed E-state index contributed by atoms with van der Waals surface area (Å²) >= 11 is 1.17. The fourth-order valence-corrected chi connectivity index (χ4v) is 3.57. The van der Waals surface area contributed by atoms with Crippen LogP contribution < -0.4 is 20.4 Å². The fourth-order valence-electron chi connectivity index (χ4n) is 2.58. The molecule has 0 fully saturated rings. The molecule has 146 valence electrons. The number of carbonyl (C=O) groups is 1. The summed E-state index contributed by atoms with van der Waals surface area (Å²) < 4.78 is 11.6. The van der Waals surface area contributed by atoms with Gasteiger partial charge in [0.25, 0.3) is 0 Å². The summed E-state index contributed by atoms with van der Waals surface area (Å²) in [5.74, 6) is 0.534. The lowest BCUT2D eigenvalue weighted by molar-refractivity contribution is -0.704. The lowest BCUT2D eigenvalue weighted by Gasteiger charge is -2.12. The summed E-state index contributed by atoms with van der Waals surface area (Å²) in [6.45, 7) is 3.89. The normalized spacial score (nSPS) is 11.8. The number of nitrogens with one attached hydrogen (secondary N) is 2. The zero-order chi connectivity index (χ0) is 20.1. The molecule has 0 bridgehead atoms. The van der Waals surface area contributed by atoms with E-state index in [1.807, 2.05) is 38.1 Å². The quantitative estimate of drug-likeness (QED) is 0.470. The molecule has 0 saturated heterocycles. The maximum atomic E-state index is 12.7. The molecule has 0 aliphatic carbocycles. The van der Waals surface area contributed by atoms with Crippen molar-refractivity contribution in [3.8, 4) is 11.4 Å². The molecule has 0 aliphatic rings. The van der Waals surface area contributed by atoms with Crippen molar-refractivity contribution in [1.82, 2.24) is 5.27 Å². The molecule has 7 nitrogen and oxygen atoms in total. The number of aryl methyl sites for hydroxylation is 1. The van der Waals surface area contributed by atoms with Crippen molar-refractivity contribution in [3.63, 3.8) is 0 Å². The first-order valence-electron chi connectivity index (χ1n) is 8.84. The van der Waals surface area contributed by atoms with Gasteiger partial charge in [-0.25, -0.2) is 4.79 Å². The van der Waals surface area contributed by atoms with Crippen LogP contribution in [0.3, 0.4) is 0 Å². The van der Waals surface area contributed by atoms with Gasteiger partial charge in [-0.2, -0.15) is 0 Å². The number of amides is 1. The molecule has 0 radical (unpaired) electrons.